The first-order valence-electron chi connectivity index (χ1n) is 12.8. The third-order valence-corrected chi connectivity index (χ3v) is 7.74. The molecular weight excluding hydrogens is 525 g/mol. The molecule has 7 nitrogen and oxygen atoms in total. The molecule has 0 radical (unpaired) electrons. The van der Waals surface area contributed by atoms with E-state index in [1.54, 1.807) is 36.4 Å². The monoisotopic (exact) mass is 553 g/mol. The molecule has 3 heterocycles. The molecule has 0 saturated carbocycles. The van der Waals surface area contributed by atoms with Crippen LogP contribution in [0, 0.1) is 0 Å². The molecule has 2 aliphatic rings. The number of carbonyl (C=O) groups is 2. The van der Waals surface area contributed by atoms with Crippen LogP contribution in [0.4, 0.5) is 5.69 Å². The zero-order valence-electron chi connectivity index (χ0n) is 20.9. The minimum atomic E-state index is -0.288. The Labute approximate surface area is 232 Å². The summed E-state index contributed by atoms with van der Waals surface area (Å²) in [6.45, 7) is 2.69. The number of benzene rings is 2. The first-order valence-corrected chi connectivity index (χ1v) is 13.6. The topological polar surface area (TPSA) is 80.8 Å². The van der Waals surface area contributed by atoms with Crippen LogP contribution in [0.3, 0.4) is 0 Å². The number of hydrogen-bond donors (Lipinski definition) is 1. The molecule has 1 N–H and O–H groups in total. The van der Waals surface area contributed by atoms with Gasteiger partial charge in [-0.2, -0.15) is 0 Å². The normalized spacial score (nSPS) is 16.7. The Bertz CT molecular complexity index is 1290. The molecule has 38 heavy (non-hydrogen) atoms. The largest absolute Gasteiger partial charge is 0.474 e. The fourth-order valence-corrected chi connectivity index (χ4v) is 5.13. The molecule has 198 valence electrons. The number of ether oxygens (including phenoxy) is 2. The highest BCUT2D eigenvalue weighted by atomic mass is 35.5. The fourth-order valence-electron chi connectivity index (χ4n) is 4.83. The van der Waals surface area contributed by atoms with E-state index in [2.05, 4.69) is 10.3 Å². The quantitative estimate of drug-likeness (QED) is 0.392. The SMILES string of the molecule is O=C(Nc1ccc(C2CCN(C(=O)c3ccc(Cl)c(Cl)c3)CC2)cc1)c1cccc(OC2CCOCC2)n1. The van der Waals surface area contributed by atoms with Crippen LogP contribution < -0.4 is 10.1 Å². The summed E-state index contributed by atoms with van der Waals surface area (Å²) >= 11 is 12.1. The van der Waals surface area contributed by atoms with Gasteiger partial charge in [-0.05, 0) is 60.7 Å². The maximum atomic E-state index is 12.9. The smallest absolute Gasteiger partial charge is 0.274 e. The molecule has 2 saturated heterocycles. The van der Waals surface area contributed by atoms with Crippen molar-refractivity contribution < 1.29 is 19.1 Å². The zero-order valence-corrected chi connectivity index (χ0v) is 22.4. The molecule has 0 atom stereocenters. The number of halogens is 2. The predicted octanol–water partition coefficient (Wildman–Crippen LogP) is 6.22. The summed E-state index contributed by atoms with van der Waals surface area (Å²) in [6, 6.07) is 18.1. The molecule has 2 aromatic carbocycles. The minimum absolute atomic E-state index is 0.0316. The molecule has 3 aromatic rings. The number of aromatic nitrogens is 1. The summed E-state index contributed by atoms with van der Waals surface area (Å²) in [7, 11) is 0. The lowest BCUT2D eigenvalue weighted by molar-refractivity contribution is 0.0236. The molecule has 0 bridgehead atoms. The molecule has 5 rings (SSSR count). The lowest BCUT2D eigenvalue weighted by atomic mass is 9.89. The highest BCUT2D eigenvalue weighted by molar-refractivity contribution is 6.42. The van der Waals surface area contributed by atoms with Crippen LogP contribution in [0.15, 0.2) is 60.7 Å². The predicted molar refractivity (Wildman–Crippen MR) is 147 cm³/mol. The number of carbonyl (C=O) groups excluding carboxylic acids is 2. The van der Waals surface area contributed by atoms with Crippen LogP contribution in [0.5, 0.6) is 5.88 Å². The first-order chi connectivity index (χ1) is 18.5. The number of anilines is 1. The third-order valence-electron chi connectivity index (χ3n) is 7.00. The van der Waals surface area contributed by atoms with E-state index in [0.717, 1.165) is 25.7 Å². The van der Waals surface area contributed by atoms with Gasteiger partial charge in [-0.25, -0.2) is 4.98 Å². The number of nitrogens with zero attached hydrogens (tertiary/aromatic N) is 2. The van der Waals surface area contributed by atoms with Crippen molar-refractivity contribution in [3.8, 4) is 5.88 Å². The van der Waals surface area contributed by atoms with Gasteiger partial charge in [-0.15, -0.1) is 0 Å². The number of piperidine rings is 1. The van der Waals surface area contributed by atoms with Crippen molar-refractivity contribution in [2.45, 2.75) is 37.7 Å². The van der Waals surface area contributed by atoms with Gasteiger partial charge in [-0.1, -0.05) is 41.4 Å². The van der Waals surface area contributed by atoms with Crippen molar-refractivity contribution >= 4 is 40.7 Å². The van der Waals surface area contributed by atoms with Crippen LogP contribution in [0.25, 0.3) is 0 Å². The van der Waals surface area contributed by atoms with Crippen LogP contribution >= 0.6 is 23.2 Å². The van der Waals surface area contributed by atoms with Crippen molar-refractivity contribution in [2.75, 3.05) is 31.6 Å². The molecule has 0 spiro atoms. The number of likely N-dealkylation sites (tertiary alicyclic amines) is 1. The van der Waals surface area contributed by atoms with Gasteiger partial charge in [0.2, 0.25) is 5.88 Å². The number of nitrogens with one attached hydrogen (secondary N) is 1. The van der Waals surface area contributed by atoms with Crippen molar-refractivity contribution in [3.63, 3.8) is 0 Å². The summed E-state index contributed by atoms with van der Waals surface area (Å²) in [4.78, 5) is 31.9. The van der Waals surface area contributed by atoms with E-state index in [0.29, 0.717) is 65.1 Å². The number of hydrogen-bond acceptors (Lipinski definition) is 5. The summed E-state index contributed by atoms with van der Waals surface area (Å²) < 4.78 is 11.3. The van der Waals surface area contributed by atoms with E-state index in [4.69, 9.17) is 32.7 Å². The van der Waals surface area contributed by atoms with Gasteiger partial charge in [0.15, 0.2) is 0 Å². The van der Waals surface area contributed by atoms with Crippen molar-refractivity contribution in [1.82, 2.24) is 9.88 Å². The Balaban J connectivity index is 1.14. The van der Waals surface area contributed by atoms with E-state index in [9.17, 15) is 9.59 Å². The van der Waals surface area contributed by atoms with E-state index >= 15 is 0 Å². The van der Waals surface area contributed by atoms with Gasteiger partial charge in [0.1, 0.15) is 11.8 Å². The van der Waals surface area contributed by atoms with E-state index in [1.807, 2.05) is 29.2 Å². The lowest BCUT2D eigenvalue weighted by Crippen LogP contribution is -2.37. The van der Waals surface area contributed by atoms with Gasteiger partial charge in [-0.3, -0.25) is 9.59 Å². The van der Waals surface area contributed by atoms with Gasteiger partial charge < -0.3 is 19.7 Å². The number of pyridine rings is 1. The molecule has 2 aliphatic heterocycles. The number of rotatable bonds is 6. The van der Waals surface area contributed by atoms with Crippen molar-refractivity contribution in [2.24, 2.45) is 0 Å². The molecule has 2 amide bonds. The van der Waals surface area contributed by atoms with Crippen molar-refractivity contribution in [1.29, 1.82) is 0 Å². The molecule has 9 heteroatoms. The van der Waals surface area contributed by atoms with E-state index < -0.39 is 0 Å². The highest BCUT2D eigenvalue weighted by Gasteiger charge is 2.25. The molecule has 0 unspecified atom stereocenters. The average molecular weight is 554 g/mol. The highest BCUT2D eigenvalue weighted by Crippen LogP contribution is 2.30. The standard InChI is InChI=1S/C29H29Cl2N3O4/c30-24-9-6-21(18-25(24)31)29(36)34-14-10-20(11-15-34)19-4-7-22(8-5-19)32-28(35)26-2-1-3-27(33-26)38-23-12-16-37-17-13-23/h1-9,18,20,23H,10-17H2,(H,32,35). The summed E-state index contributed by atoms with van der Waals surface area (Å²) in [6.07, 6.45) is 3.42. The molecule has 0 aliphatic carbocycles. The van der Waals surface area contributed by atoms with Crippen LogP contribution in [-0.2, 0) is 4.74 Å². The Morgan fingerprint density at radius 3 is 2.37 bits per heavy atom. The summed E-state index contributed by atoms with van der Waals surface area (Å²) in [5.74, 6) is 0.474. The molecular formula is C29H29Cl2N3O4. The van der Waals surface area contributed by atoms with Gasteiger partial charge in [0, 0.05) is 43.2 Å². The Morgan fingerprint density at radius 2 is 1.66 bits per heavy atom. The van der Waals surface area contributed by atoms with E-state index in [1.165, 1.54) is 5.56 Å². The first kappa shape index (κ1) is 26.5. The lowest BCUT2D eigenvalue weighted by Gasteiger charge is -2.32. The van der Waals surface area contributed by atoms with Crippen LogP contribution in [-0.4, -0.2) is 54.1 Å². The third kappa shape index (κ3) is 6.46. The Kier molecular flexibility index (Phi) is 8.47. The molecule has 1 aromatic heterocycles. The summed E-state index contributed by atoms with van der Waals surface area (Å²) in [5.41, 5.74) is 2.74. The second-order valence-corrected chi connectivity index (χ2v) is 10.4. The zero-order chi connectivity index (χ0) is 26.5. The molecule has 2 fully saturated rings. The fraction of sp³-hybridized carbons (Fsp3) is 0.345. The summed E-state index contributed by atoms with van der Waals surface area (Å²) in [5, 5.41) is 3.73. The second kappa shape index (κ2) is 12.2. The Hall–Kier alpha value is -3.13. The van der Waals surface area contributed by atoms with Gasteiger partial charge >= 0.3 is 0 Å². The van der Waals surface area contributed by atoms with Crippen molar-refractivity contribution in [3.05, 3.63) is 87.5 Å². The van der Waals surface area contributed by atoms with E-state index in [-0.39, 0.29) is 17.9 Å². The minimum Gasteiger partial charge on any atom is -0.474 e. The second-order valence-electron chi connectivity index (χ2n) is 9.56. The maximum Gasteiger partial charge on any atom is 0.274 e. The van der Waals surface area contributed by atoms with Crippen LogP contribution in [0.2, 0.25) is 10.0 Å². The van der Waals surface area contributed by atoms with Gasteiger partial charge in [0.05, 0.1) is 23.3 Å². The van der Waals surface area contributed by atoms with Crippen LogP contribution in [0.1, 0.15) is 58.0 Å². The number of amides is 2. The maximum absolute atomic E-state index is 12.9. The Morgan fingerprint density at radius 1 is 0.921 bits per heavy atom. The average Bonchev–Trinajstić information content (AvgIpc) is 2.95. The van der Waals surface area contributed by atoms with Gasteiger partial charge in [0.25, 0.3) is 11.8 Å².